The Morgan fingerprint density at radius 1 is 1.32 bits per heavy atom. The minimum absolute atomic E-state index is 0.207. The summed E-state index contributed by atoms with van der Waals surface area (Å²) >= 11 is 0. The van der Waals surface area contributed by atoms with E-state index in [1.165, 1.54) is 25.9 Å². The summed E-state index contributed by atoms with van der Waals surface area (Å²) in [6.45, 7) is 8.06. The Labute approximate surface area is 149 Å². The zero-order valence-corrected chi connectivity index (χ0v) is 15.4. The van der Waals surface area contributed by atoms with Crippen molar-refractivity contribution in [1.29, 1.82) is 0 Å². The van der Waals surface area contributed by atoms with E-state index >= 15 is 0 Å². The number of nitrogens with zero attached hydrogens (tertiary/aromatic N) is 3. The van der Waals surface area contributed by atoms with Crippen LogP contribution in [0.25, 0.3) is 0 Å². The minimum atomic E-state index is -0.501. The van der Waals surface area contributed by atoms with Gasteiger partial charge in [0.15, 0.2) is 0 Å². The van der Waals surface area contributed by atoms with Gasteiger partial charge in [-0.1, -0.05) is 26.7 Å². The van der Waals surface area contributed by atoms with Crippen LogP contribution in [0.4, 0.5) is 10.7 Å². The first-order valence-corrected chi connectivity index (χ1v) is 9.69. The molecule has 0 spiro atoms. The lowest BCUT2D eigenvalue weighted by Crippen LogP contribution is -2.46. The van der Waals surface area contributed by atoms with Crippen LogP contribution in [-0.4, -0.2) is 47.4 Å². The van der Waals surface area contributed by atoms with Gasteiger partial charge in [0.05, 0.1) is 12.5 Å². The van der Waals surface area contributed by atoms with E-state index in [1.807, 2.05) is 0 Å². The Balaban J connectivity index is 1.48. The number of nitrogens with one attached hydrogen (secondary N) is 1. The fourth-order valence-electron chi connectivity index (χ4n) is 4.13. The van der Waals surface area contributed by atoms with Crippen LogP contribution in [-0.2, 0) is 4.74 Å². The van der Waals surface area contributed by atoms with Gasteiger partial charge in [0.1, 0.15) is 0 Å². The molecule has 0 radical (unpaired) electrons. The highest BCUT2D eigenvalue weighted by atomic mass is 16.5. The van der Waals surface area contributed by atoms with Crippen LogP contribution in [0, 0.1) is 11.8 Å². The van der Waals surface area contributed by atoms with Crippen molar-refractivity contribution in [3.8, 4) is 0 Å². The summed E-state index contributed by atoms with van der Waals surface area (Å²) in [5.41, 5.74) is 0. The molecule has 1 N–H and O–H groups in total. The van der Waals surface area contributed by atoms with Gasteiger partial charge in [-0.05, 0) is 55.8 Å². The number of ether oxygens (including phenoxy) is 1. The van der Waals surface area contributed by atoms with Gasteiger partial charge in [-0.3, -0.25) is 5.32 Å². The summed E-state index contributed by atoms with van der Waals surface area (Å²) < 4.78 is 10.7. The molecule has 4 heterocycles. The van der Waals surface area contributed by atoms with E-state index in [2.05, 4.69) is 34.2 Å². The molecule has 2 bridgehead atoms. The van der Waals surface area contributed by atoms with E-state index in [9.17, 15) is 4.79 Å². The predicted octanol–water partition coefficient (Wildman–Crippen LogP) is 3.64. The van der Waals surface area contributed by atoms with E-state index in [0.29, 0.717) is 30.3 Å². The van der Waals surface area contributed by atoms with Crippen LogP contribution < -0.4 is 5.32 Å². The number of piperidine rings is 3. The van der Waals surface area contributed by atoms with Crippen molar-refractivity contribution in [2.75, 3.05) is 31.6 Å². The number of hydrogen-bond donors (Lipinski definition) is 1. The number of hydrogen-bond acceptors (Lipinski definition) is 6. The molecule has 0 saturated carbocycles. The summed E-state index contributed by atoms with van der Waals surface area (Å²) in [7, 11) is 0. The van der Waals surface area contributed by atoms with Crippen LogP contribution in [0.2, 0.25) is 0 Å². The smallest absolute Gasteiger partial charge is 0.414 e. The molecule has 3 aliphatic heterocycles. The zero-order chi connectivity index (χ0) is 17.6. The molecule has 1 aromatic rings. The molecule has 1 amide bonds. The Morgan fingerprint density at radius 2 is 2.04 bits per heavy atom. The van der Waals surface area contributed by atoms with E-state index in [4.69, 9.17) is 9.26 Å². The third kappa shape index (κ3) is 4.71. The Kier molecular flexibility index (Phi) is 6.29. The van der Waals surface area contributed by atoms with Crippen molar-refractivity contribution in [1.82, 2.24) is 15.0 Å². The van der Waals surface area contributed by atoms with E-state index in [1.54, 1.807) is 0 Å². The van der Waals surface area contributed by atoms with Gasteiger partial charge in [0.2, 0.25) is 5.89 Å². The molecule has 25 heavy (non-hydrogen) atoms. The van der Waals surface area contributed by atoms with Crippen LogP contribution in [0.15, 0.2) is 4.52 Å². The zero-order valence-electron chi connectivity index (χ0n) is 15.4. The number of carbonyl (C=O) groups is 1. The highest BCUT2D eigenvalue weighted by Crippen LogP contribution is 2.38. The normalized spacial score (nSPS) is 25.3. The topological polar surface area (TPSA) is 80.5 Å². The SMILES string of the molecule is CCCC(CCC)COC(=O)Nc1noc(C2CN3CCC2CC3)n1. The third-order valence-electron chi connectivity index (χ3n) is 5.47. The summed E-state index contributed by atoms with van der Waals surface area (Å²) in [6.07, 6.45) is 6.23. The Hall–Kier alpha value is -1.63. The van der Waals surface area contributed by atoms with Crippen molar-refractivity contribution in [3.63, 3.8) is 0 Å². The molecular weight excluding hydrogens is 320 g/mol. The van der Waals surface area contributed by atoms with Gasteiger partial charge in [-0.2, -0.15) is 4.98 Å². The first kappa shape index (κ1) is 18.2. The highest BCUT2D eigenvalue weighted by molar-refractivity contribution is 5.82. The maximum Gasteiger partial charge on any atom is 0.414 e. The lowest BCUT2D eigenvalue weighted by Gasteiger charge is -2.43. The average molecular weight is 350 g/mol. The van der Waals surface area contributed by atoms with Crippen molar-refractivity contribution in [2.45, 2.75) is 58.3 Å². The van der Waals surface area contributed by atoms with Crippen molar-refractivity contribution < 1.29 is 14.1 Å². The average Bonchev–Trinajstić information content (AvgIpc) is 3.09. The van der Waals surface area contributed by atoms with Crippen LogP contribution >= 0.6 is 0 Å². The summed E-state index contributed by atoms with van der Waals surface area (Å²) in [6, 6.07) is 0. The van der Waals surface area contributed by atoms with Gasteiger partial charge in [0, 0.05) is 6.54 Å². The standard InChI is InChI=1S/C18H30N4O3/c1-3-5-13(6-4-2)12-24-18(23)20-17-19-16(25-21-17)15-11-22-9-7-14(15)8-10-22/h13-15H,3-12H2,1-2H3,(H,20,21,23). The van der Waals surface area contributed by atoms with Crippen molar-refractivity contribution in [3.05, 3.63) is 5.89 Å². The summed E-state index contributed by atoms with van der Waals surface area (Å²) in [5.74, 6) is 2.18. The molecule has 3 fully saturated rings. The second-order valence-corrected chi connectivity index (χ2v) is 7.37. The minimum Gasteiger partial charge on any atom is -0.449 e. The van der Waals surface area contributed by atoms with Crippen molar-refractivity contribution in [2.24, 2.45) is 11.8 Å². The predicted molar refractivity (Wildman–Crippen MR) is 94.5 cm³/mol. The maximum absolute atomic E-state index is 12.0. The monoisotopic (exact) mass is 350 g/mol. The van der Waals surface area contributed by atoms with Gasteiger partial charge in [-0.25, -0.2) is 4.79 Å². The second kappa shape index (κ2) is 8.65. The molecular formula is C18H30N4O3. The molecule has 3 aliphatic rings. The van der Waals surface area contributed by atoms with Gasteiger partial charge >= 0.3 is 6.09 Å². The Bertz CT molecular complexity index is 548. The number of amides is 1. The third-order valence-corrected chi connectivity index (χ3v) is 5.47. The maximum atomic E-state index is 12.0. The quantitative estimate of drug-likeness (QED) is 0.771. The van der Waals surface area contributed by atoms with E-state index in [-0.39, 0.29) is 5.95 Å². The number of rotatable bonds is 8. The largest absolute Gasteiger partial charge is 0.449 e. The van der Waals surface area contributed by atoms with Crippen LogP contribution in [0.3, 0.4) is 0 Å². The highest BCUT2D eigenvalue weighted by Gasteiger charge is 2.38. The first-order valence-electron chi connectivity index (χ1n) is 9.69. The number of carbonyl (C=O) groups excluding carboxylic acids is 1. The van der Waals surface area contributed by atoms with E-state index in [0.717, 1.165) is 32.2 Å². The Morgan fingerprint density at radius 3 is 2.64 bits per heavy atom. The fraction of sp³-hybridized carbons (Fsp3) is 0.833. The molecule has 140 valence electrons. The summed E-state index contributed by atoms with van der Waals surface area (Å²) in [5, 5.41) is 6.49. The second-order valence-electron chi connectivity index (χ2n) is 7.37. The van der Waals surface area contributed by atoms with E-state index < -0.39 is 6.09 Å². The molecule has 3 saturated heterocycles. The lowest BCUT2D eigenvalue weighted by molar-refractivity contribution is 0.0727. The first-order chi connectivity index (χ1) is 12.2. The van der Waals surface area contributed by atoms with Crippen molar-refractivity contribution >= 4 is 12.0 Å². The van der Waals surface area contributed by atoms with Gasteiger partial charge < -0.3 is 14.2 Å². The molecule has 0 aliphatic carbocycles. The molecule has 7 nitrogen and oxygen atoms in total. The number of aromatic nitrogens is 2. The molecule has 0 aromatic carbocycles. The van der Waals surface area contributed by atoms with Gasteiger partial charge in [0.25, 0.3) is 5.95 Å². The summed E-state index contributed by atoms with van der Waals surface area (Å²) in [4.78, 5) is 18.8. The number of fused-ring (bicyclic) bond motifs is 3. The van der Waals surface area contributed by atoms with Crippen LogP contribution in [0.1, 0.15) is 64.2 Å². The molecule has 1 aromatic heterocycles. The molecule has 4 rings (SSSR count). The van der Waals surface area contributed by atoms with Crippen LogP contribution in [0.5, 0.6) is 0 Å². The number of anilines is 1. The van der Waals surface area contributed by atoms with Gasteiger partial charge in [-0.15, -0.1) is 0 Å². The fourth-order valence-corrected chi connectivity index (χ4v) is 4.13. The lowest BCUT2D eigenvalue weighted by atomic mass is 9.79. The molecule has 1 atom stereocenters. The molecule has 1 unspecified atom stereocenters. The molecule has 7 heteroatoms.